The largest absolute Gasteiger partial charge is 0.448 e. The number of hydrogen-bond acceptors (Lipinski definition) is 6. The van der Waals surface area contributed by atoms with Gasteiger partial charge in [0.05, 0.1) is 17.2 Å². The average molecular weight is 622 g/mol. The topological polar surface area (TPSA) is 102 Å². The molecular formula is C26H27IN2O6S. The molecule has 4 rings (SSSR count). The molecule has 1 N–H and O–H groups in total. The van der Waals surface area contributed by atoms with Gasteiger partial charge in [-0.25, -0.2) is 9.59 Å². The van der Waals surface area contributed by atoms with E-state index in [-0.39, 0.29) is 22.5 Å². The van der Waals surface area contributed by atoms with E-state index in [0.717, 1.165) is 11.1 Å². The van der Waals surface area contributed by atoms with Crippen molar-refractivity contribution in [1.82, 2.24) is 10.2 Å². The summed E-state index contributed by atoms with van der Waals surface area (Å²) < 4.78 is 24.9. The summed E-state index contributed by atoms with van der Waals surface area (Å²) >= 11 is 2.03. The van der Waals surface area contributed by atoms with Crippen LogP contribution < -0.4 is 5.32 Å². The van der Waals surface area contributed by atoms with Crippen LogP contribution in [0.5, 0.6) is 0 Å². The Bertz CT molecular complexity index is 1170. The summed E-state index contributed by atoms with van der Waals surface area (Å²) in [5.41, 5.74) is 1.16. The molecule has 1 saturated heterocycles. The predicted molar refractivity (Wildman–Crippen MR) is 143 cm³/mol. The molecule has 2 amide bonds. The van der Waals surface area contributed by atoms with Crippen molar-refractivity contribution in [2.75, 3.05) is 4.43 Å². The number of carbonyl (C=O) groups excluding carboxylic acids is 3. The van der Waals surface area contributed by atoms with Crippen LogP contribution in [0, 0.1) is 0 Å². The second-order valence-electron chi connectivity index (χ2n) is 9.39. The van der Waals surface area contributed by atoms with Crippen molar-refractivity contribution >= 4 is 51.4 Å². The third-order valence-electron chi connectivity index (χ3n) is 5.68. The number of ether oxygens (including phenoxy) is 2. The average Bonchev–Trinajstić information content (AvgIpc) is 2.83. The molecule has 0 aromatic heterocycles. The number of halogens is 1. The van der Waals surface area contributed by atoms with E-state index in [0.29, 0.717) is 5.57 Å². The Hall–Kier alpha value is -2.73. The Labute approximate surface area is 226 Å². The van der Waals surface area contributed by atoms with Gasteiger partial charge in [-0.2, -0.15) is 0 Å². The van der Waals surface area contributed by atoms with Crippen LogP contribution in [-0.4, -0.2) is 47.9 Å². The lowest BCUT2D eigenvalue weighted by atomic mass is 10.0. The Morgan fingerprint density at radius 1 is 1.08 bits per heavy atom. The first kappa shape index (κ1) is 26.3. The van der Waals surface area contributed by atoms with Crippen LogP contribution in [0.1, 0.15) is 44.4 Å². The summed E-state index contributed by atoms with van der Waals surface area (Å²) in [4.78, 5) is 40.1. The number of β-lactam (4-membered cyclic amide) rings is 1. The minimum Gasteiger partial charge on any atom is -0.448 e. The van der Waals surface area contributed by atoms with Gasteiger partial charge in [-0.3, -0.25) is 13.9 Å². The smallest absolute Gasteiger partial charge is 0.408 e. The maximum Gasteiger partial charge on any atom is 0.408 e. The molecule has 8 nitrogen and oxygen atoms in total. The Kier molecular flexibility index (Phi) is 7.84. The fourth-order valence-electron chi connectivity index (χ4n) is 4.09. The highest BCUT2D eigenvalue weighted by molar-refractivity contribution is 14.1. The zero-order valence-corrected chi connectivity index (χ0v) is 23.1. The van der Waals surface area contributed by atoms with E-state index in [4.69, 9.17) is 9.47 Å². The fraction of sp³-hybridized carbons (Fsp3) is 0.346. The summed E-state index contributed by atoms with van der Waals surface area (Å²) in [6.07, 6.45) is -1.45. The zero-order chi connectivity index (χ0) is 26.0. The highest BCUT2D eigenvalue weighted by Gasteiger charge is 2.53. The molecule has 2 aromatic rings. The standard InChI is InChI=1S/C26H27IN2O6S/c1-26(2,3)35-25(32)28-23-18(15-27)21(29-19(30)14-20(29)36(23)33)24(31)34-22(16-10-6-4-7-11-16)17-12-8-5-9-13-17/h4-13,20,22-23H,14-15H2,1-3H3,(H,28,32)/t20-,23?,36?/m1/s1. The van der Waals surface area contributed by atoms with E-state index < -0.39 is 45.3 Å². The van der Waals surface area contributed by atoms with Crippen molar-refractivity contribution in [2.24, 2.45) is 0 Å². The summed E-state index contributed by atoms with van der Waals surface area (Å²) in [6.45, 7) is 5.17. The van der Waals surface area contributed by atoms with E-state index in [1.165, 1.54) is 4.90 Å². The molecule has 1 fully saturated rings. The van der Waals surface area contributed by atoms with Gasteiger partial charge >= 0.3 is 12.1 Å². The first-order chi connectivity index (χ1) is 17.1. The van der Waals surface area contributed by atoms with Crippen molar-refractivity contribution in [2.45, 2.75) is 49.6 Å². The third-order valence-corrected chi connectivity index (χ3v) is 8.29. The van der Waals surface area contributed by atoms with E-state index in [2.05, 4.69) is 5.32 Å². The number of nitrogens with zero attached hydrogens (tertiary/aromatic N) is 1. The number of alkyl halides is 1. The molecule has 3 atom stereocenters. The molecule has 2 aliphatic rings. The van der Waals surface area contributed by atoms with Gasteiger partial charge in [0.25, 0.3) is 0 Å². The molecule has 36 heavy (non-hydrogen) atoms. The van der Waals surface area contributed by atoms with Gasteiger partial charge in [-0.15, -0.1) is 0 Å². The number of alkyl carbamates (subject to hydrolysis) is 1. The number of nitrogens with one attached hydrogen (secondary N) is 1. The normalized spacial score (nSPS) is 21.5. The first-order valence-electron chi connectivity index (χ1n) is 11.4. The molecule has 2 aromatic carbocycles. The summed E-state index contributed by atoms with van der Waals surface area (Å²) in [7, 11) is -1.66. The lowest BCUT2D eigenvalue weighted by molar-refractivity contribution is -0.152. The van der Waals surface area contributed by atoms with Crippen LogP contribution in [-0.2, 0) is 29.9 Å². The Morgan fingerprint density at radius 3 is 2.11 bits per heavy atom. The highest BCUT2D eigenvalue weighted by atomic mass is 127. The second kappa shape index (κ2) is 10.7. The molecular weight excluding hydrogens is 595 g/mol. The number of carbonyl (C=O) groups is 3. The van der Waals surface area contributed by atoms with Crippen molar-refractivity contribution in [3.63, 3.8) is 0 Å². The maximum absolute atomic E-state index is 13.7. The lowest BCUT2D eigenvalue weighted by Gasteiger charge is -2.46. The molecule has 0 saturated carbocycles. The SMILES string of the molecule is CC(C)(C)OC(=O)NC1C(CI)=C(C(=O)OC(c2ccccc2)c2ccccc2)N2C(=O)C[C@H]2S1=O. The van der Waals surface area contributed by atoms with Gasteiger partial charge in [-0.1, -0.05) is 83.3 Å². The van der Waals surface area contributed by atoms with E-state index in [9.17, 15) is 18.6 Å². The number of amides is 2. The molecule has 10 heteroatoms. The van der Waals surface area contributed by atoms with Crippen molar-refractivity contribution in [3.05, 3.63) is 83.1 Å². The monoisotopic (exact) mass is 622 g/mol. The Balaban J connectivity index is 1.71. The van der Waals surface area contributed by atoms with E-state index in [1.807, 2.05) is 83.3 Å². The quantitative estimate of drug-likeness (QED) is 0.225. The van der Waals surface area contributed by atoms with Gasteiger partial charge < -0.3 is 14.8 Å². The second-order valence-corrected chi connectivity index (χ2v) is 11.8. The summed E-state index contributed by atoms with van der Waals surface area (Å²) in [5, 5.41) is 0.949. The van der Waals surface area contributed by atoms with Crippen molar-refractivity contribution in [3.8, 4) is 0 Å². The minimum absolute atomic E-state index is 0.0191. The molecule has 190 valence electrons. The predicted octanol–water partition coefficient (Wildman–Crippen LogP) is 4.18. The number of esters is 1. The molecule has 0 bridgehead atoms. The van der Waals surface area contributed by atoms with Crippen LogP contribution in [0.3, 0.4) is 0 Å². The van der Waals surface area contributed by atoms with E-state index >= 15 is 0 Å². The highest BCUT2D eigenvalue weighted by Crippen LogP contribution is 2.39. The number of rotatable bonds is 6. The molecule has 0 aliphatic carbocycles. The van der Waals surface area contributed by atoms with Gasteiger partial charge in [-0.05, 0) is 31.9 Å². The van der Waals surface area contributed by atoms with Gasteiger partial charge in [0.1, 0.15) is 22.0 Å². The fourth-order valence-corrected chi connectivity index (χ4v) is 6.93. The third kappa shape index (κ3) is 5.49. The van der Waals surface area contributed by atoms with Gasteiger partial charge in [0, 0.05) is 10.0 Å². The molecule has 2 aliphatic heterocycles. The lowest BCUT2D eigenvalue weighted by Crippen LogP contribution is -2.63. The van der Waals surface area contributed by atoms with Crippen LogP contribution in [0.15, 0.2) is 71.9 Å². The van der Waals surface area contributed by atoms with Crippen LogP contribution in [0.2, 0.25) is 0 Å². The number of benzene rings is 2. The first-order valence-corrected chi connectivity index (χ1v) is 14.2. The van der Waals surface area contributed by atoms with Crippen molar-refractivity contribution < 1.29 is 28.1 Å². The summed E-state index contributed by atoms with van der Waals surface area (Å²) in [6, 6.07) is 18.6. The van der Waals surface area contributed by atoms with Gasteiger partial charge in [0.15, 0.2) is 6.10 Å². The zero-order valence-electron chi connectivity index (χ0n) is 20.1. The molecule has 0 spiro atoms. The molecule has 2 heterocycles. The van der Waals surface area contributed by atoms with Crippen molar-refractivity contribution in [1.29, 1.82) is 0 Å². The Morgan fingerprint density at radius 2 is 1.64 bits per heavy atom. The van der Waals surface area contributed by atoms with Gasteiger partial charge in [0.2, 0.25) is 5.91 Å². The van der Waals surface area contributed by atoms with E-state index in [1.54, 1.807) is 20.8 Å². The summed E-state index contributed by atoms with van der Waals surface area (Å²) in [5.74, 6) is -1.03. The minimum atomic E-state index is -1.66. The van der Waals surface area contributed by atoms with Crippen LogP contribution in [0.4, 0.5) is 4.79 Å². The number of fused-ring (bicyclic) bond motifs is 1. The maximum atomic E-state index is 13.7. The van der Waals surface area contributed by atoms with Crippen LogP contribution in [0.25, 0.3) is 0 Å². The number of hydrogen-bond donors (Lipinski definition) is 1. The molecule has 2 unspecified atom stereocenters. The molecule has 0 radical (unpaired) electrons. The van der Waals surface area contributed by atoms with Crippen LogP contribution >= 0.6 is 22.6 Å².